The molecule has 1 aliphatic heterocycles. The van der Waals surface area contributed by atoms with Gasteiger partial charge in [-0.15, -0.1) is 5.10 Å². The summed E-state index contributed by atoms with van der Waals surface area (Å²) in [6.07, 6.45) is 2.32. The van der Waals surface area contributed by atoms with Crippen molar-refractivity contribution in [2.45, 2.75) is 11.7 Å². The van der Waals surface area contributed by atoms with Gasteiger partial charge in [-0.25, -0.2) is 0 Å². The predicted octanol–water partition coefficient (Wildman–Crippen LogP) is 5.65. The maximum Gasteiger partial charge on any atom is 0.239 e. The van der Waals surface area contributed by atoms with E-state index in [0.717, 1.165) is 33.3 Å². The highest BCUT2D eigenvalue weighted by molar-refractivity contribution is 8.15. The molecule has 0 aliphatic carbocycles. The molecule has 3 aromatic carbocycles. The minimum Gasteiger partial charge on any atom is -0.354 e. The second kappa shape index (κ2) is 9.02. The van der Waals surface area contributed by atoms with E-state index in [1.807, 2.05) is 60.7 Å². The highest BCUT2D eigenvalue weighted by Gasteiger charge is 2.30. The van der Waals surface area contributed by atoms with Gasteiger partial charge in [0, 0.05) is 21.5 Å². The van der Waals surface area contributed by atoms with Crippen LogP contribution in [0.25, 0.3) is 22.2 Å². The van der Waals surface area contributed by atoms with Crippen LogP contribution in [0, 0.1) is 0 Å². The summed E-state index contributed by atoms with van der Waals surface area (Å²) in [4.78, 5) is 15.9. The Morgan fingerprint density at radius 2 is 1.81 bits per heavy atom. The first kappa shape index (κ1) is 20.5. The Kier molecular flexibility index (Phi) is 5.79. The first-order valence-electron chi connectivity index (χ1n) is 10.2. The second-order valence-corrected chi connectivity index (χ2v) is 9.03. The monoisotopic (exact) mass is 458 g/mol. The SMILES string of the molecule is O=C1N/C(=N\N=C\c2c(-c3ccccc3)[nH]c3ccccc23)SC1Cc1cccc(Cl)c1. The molecule has 4 aromatic rings. The Balaban J connectivity index is 1.39. The van der Waals surface area contributed by atoms with Gasteiger partial charge in [-0.3, -0.25) is 4.79 Å². The highest BCUT2D eigenvalue weighted by atomic mass is 35.5. The average molecular weight is 459 g/mol. The third kappa shape index (κ3) is 4.33. The minimum atomic E-state index is -0.254. The number of hydrogen-bond donors (Lipinski definition) is 2. The number of rotatable bonds is 5. The summed E-state index contributed by atoms with van der Waals surface area (Å²) in [5, 5.41) is 13.4. The van der Waals surface area contributed by atoms with Gasteiger partial charge in [0.05, 0.1) is 17.2 Å². The maximum absolute atomic E-state index is 12.4. The van der Waals surface area contributed by atoms with Gasteiger partial charge in [0.2, 0.25) is 5.91 Å². The molecular weight excluding hydrogens is 440 g/mol. The Labute approximate surface area is 194 Å². The van der Waals surface area contributed by atoms with Gasteiger partial charge in [-0.1, -0.05) is 84.0 Å². The Hall–Kier alpha value is -3.35. The maximum atomic E-state index is 12.4. The topological polar surface area (TPSA) is 69.6 Å². The number of benzene rings is 3. The molecule has 158 valence electrons. The number of aromatic nitrogens is 1. The van der Waals surface area contributed by atoms with Gasteiger partial charge < -0.3 is 10.3 Å². The summed E-state index contributed by atoms with van der Waals surface area (Å²) in [5.74, 6) is -0.0685. The quantitative estimate of drug-likeness (QED) is 0.299. The lowest BCUT2D eigenvalue weighted by Crippen LogP contribution is -2.25. The number of amides is 1. The molecule has 1 saturated heterocycles. The molecule has 2 heterocycles. The van der Waals surface area contributed by atoms with Gasteiger partial charge >= 0.3 is 0 Å². The molecule has 32 heavy (non-hydrogen) atoms. The molecule has 5 nitrogen and oxygen atoms in total. The van der Waals surface area contributed by atoms with Crippen molar-refractivity contribution in [2.24, 2.45) is 10.2 Å². The summed E-state index contributed by atoms with van der Waals surface area (Å²) in [7, 11) is 0. The van der Waals surface area contributed by atoms with E-state index >= 15 is 0 Å². The van der Waals surface area contributed by atoms with Crippen molar-refractivity contribution in [2.75, 3.05) is 0 Å². The van der Waals surface area contributed by atoms with Crippen LogP contribution >= 0.6 is 23.4 Å². The standard InChI is InChI=1S/C25H19ClN4OS/c26-18-10-6-7-16(13-18)14-22-24(31)29-25(32-22)30-27-15-20-19-11-4-5-12-21(19)28-23(20)17-8-2-1-3-9-17/h1-13,15,22,28H,14H2,(H,29,30,31)/b27-15+. The van der Waals surface area contributed by atoms with E-state index in [0.29, 0.717) is 16.6 Å². The van der Waals surface area contributed by atoms with Gasteiger partial charge in [0.1, 0.15) is 0 Å². The van der Waals surface area contributed by atoms with Crippen LogP contribution in [0.4, 0.5) is 0 Å². The van der Waals surface area contributed by atoms with Gasteiger partial charge in [-0.2, -0.15) is 5.10 Å². The number of H-pyrrole nitrogens is 1. The van der Waals surface area contributed by atoms with E-state index in [-0.39, 0.29) is 11.2 Å². The third-order valence-electron chi connectivity index (χ3n) is 5.23. The van der Waals surface area contributed by atoms with Crippen molar-refractivity contribution in [1.29, 1.82) is 0 Å². The Morgan fingerprint density at radius 1 is 1.00 bits per heavy atom. The highest BCUT2D eigenvalue weighted by Crippen LogP contribution is 2.29. The Morgan fingerprint density at radius 3 is 2.66 bits per heavy atom. The lowest BCUT2D eigenvalue weighted by atomic mass is 10.1. The van der Waals surface area contributed by atoms with Crippen molar-refractivity contribution < 1.29 is 4.79 Å². The minimum absolute atomic E-state index is 0.0685. The smallest absolute Gasteiger partial charge is 0.239 e. The lowest BCUT2D eigenvalue weighted by Gasteiger charge is -2.05. The first-order valence-corrected chi connectivity index (χ1v) is 11.4. The normalized spacial score (nSPS) is 17.5. The summed E-state index contributed by atoms with van der Waals surface area (Å²) in [5.41, 5.74) is 5.06. The van der Waals surface area contributed by atoms with Crippen LogP contribution in [-0.2, 0) is 11.2 Å². The van der Waals surface area contributed by atoms with Gasteiger partial charge in [-0.05, 0) is 35.7 Å². The molecule has 1 amide bonds. The molecule has 1 aliphatic rings. The van der Waals surface area contributed by atoms with E-state index in [1.54, 1.807) is 6.21 Å². The molecule has 0 saturated carbocycles. The van der Waals surface area contributed by atoms with Gasteiger partial charge in [0.25, 0.3) is 0 Å². The Bertz CT molecular complexity index is 1350. The van der Waals surface area contributed by atoms with Crippen molar-refractivity contribution in [3.63, 3.8) is 0 Å². The summed E-state index contributed by atoms with van der Waals surface area (Å²) in [6.45, 7) is 0. The molecule has 2 N–H and O–H groups in total. The van der Waals surface area contributed by atoms with E-state index in [1.165, 1.54) is 11.8 Å². The number of nitrogens with one attached hydrogen (secondary N) is 2. The zero-order chi connectivity index (χ0) is 21.9. The van der Waals surface area contributed by atoms with Gasteiger partial charge in [0.15, 0.2) is 5.17 Å². The molecule has 7 heteroatoms. The number of para-hydroxylation sites is 1. The molecule has 0 radical (unpaired) electrons. The number of carbonyl (C=O) groups is 1. The van der Waals surface area contributed by atoms with Crippen molar-refractivity contribution in [3.05, 3.63) is 95.0 Å². The molecule has 1 aromatic heterocycles. The second-order valence-electron chi connectivity index (χ2n) is 7.40. The van der Waals surface area contributed by atoms with Crippen molar-refractivity contribution in [1.82, 2.24) is 10.3 Å². The zero-order valence-electron chi connectivity index (χ0n) is 17.0. The first-order chi connectivity index (χ1) is 15.7. The predicted molar refractivity (Wildman–Crippen MR) is 133 cm³/mol. The number of nitrogens with zero attached hydrogens (tertiary/aromatic N) is 2. The van der Waals surface area contributed by atoms with E-state index in [9.17, 15) is 4.79 Å². The van der Waals surface area contributed by atoms with Crippen LogP contribution < -0.4 is 5.32 Å². The summed E-state index contributed by atoms with van der Waals surface area (Å²) in [6, 6.07) is 25.8. The third-order valence-corrected chi connectivity index (χ3v) is 6.54. The average Bonchev–Trinajstić information content (AvgIpc) is 3.35. The summed E-state index contributed by atoms with van der Waals surface area (Å²) >= 11 is 7.44. The van der Waals surface area contributed by atoms with Crippen LogP contribution in [0.5, 0.6) is 0 Å². The lowest BCUT2D eigenvalue weighted by molar-refractivity contribution is -0.118. The van der Waals surface area contributed by atoms with Crippen LogP contribution in [0.2, 0.25) is 5.02 Å². The molecule has 0 bridgehead atoms. The number of thioether (sulfide) groups is 1. The van der Waals surface area contributed by atoms with Crippen LogP contribution in [0.1, 0.15) is 11.1 Å². The molecular formula is C25H19ClN4OS. The summed E-state index contributed by atoms with van der Waals surface area (Å²) < 4.78 is 0. The fourth-order valence-corrected chi connectivity index (χ4v) is 4.91. The number of carbonyl (C=O) groups excluding carboxylic acids is 1. The largest absolute Gasteiger partial charge is 0.354 e. The van der Waals surface area contributed by atoms with Crippen LogP contribution in [0.3, 0.4) is 0 Å². The van der Waals surface area contributed by atoms with E-state index in [2.05, 4.69) is 38.7 Å². The fraction of sp³-hybridized carbons (Fsp3) is 0.0800. The number of halogens is 1. The fourth-order valence-electron chi connectivity index (χ4n) is 3.73. The molecule has 1 fully saturated rings. The number of aromatic amines is 1. The van der Waals surface area contributed by atoms with Crippen molar-refractivity contribution >= 4 is 51.6 Å². The molecule has 5 rings (SSSR count). The number of amidine groups is 1. The van der Waals surface area contributed by atoms with Crippen LogP contribution in [0.15, 0.2) is 89.1 Å². The van der Waals surface area contributed by atoms with E-state index in [4.69, 9.17) is 11.6 Å². The molecule has 1 unspecified atom stereocenters. The number of fused-ring (bicyclic) bond motifs is 1. The molecule has 1 atom stereocenters. The van der Waals surface area contributed by atoms with Crippen LogP contribution in [-0.4, -0.2) is 27.5 Å². The van der Waals surface area contributed by atoms with Crippen molar-refractivity contribution in [3.8, 4) is 11.3 Å². The zero-order valence-corrected chi connectivity index (χ0v) is 18.5. The molecule has 0 spiro atoms. The number of hydrogen-bond acceptors (Lipinski definition) is 4. The van der Waals surface area contributed by atoms with E-state index < -0.39 is 0 Å².